The summed E-state index contributed by atoms with van der Waals surface area (Å²) >= 11 is 5.98. The van der Waals surface area contributed by atoms with Gasteiger partial charge in [-0.05, 0) is 95.8 Å². The number of aryl methyl sites for hydroxylation is 2. The lowest BCUT2D eigenvalue weighted by Crippen LogP contribution is -2.52. The summed E-state index contributed by atoms with van der Waals surface area (Å²) in [5.74, 6) is 0.956. The first-order chi connectivity index (χ1) is 15.3. The standard InChI is InChI=1S/C27H37ClN2O2/c1-20-7-9-22(10-8-20)19-27(30(3)4)15-13-24(14-16-27)29-26(31)6-5-17-32-25-12-11-23(28)18-21(25)2/h7-12,18,24H,5-6,13-17,19H2,1-4H3,(H,29,31). The number of hydrogen-bond acceptors (Lipinski definition) is 3. The van der Waals surface area contributed by atoms with Crippen molar-refractivity contribution in [3.8, 4) is 5.75 Å². The second-order valence-corrected chi connectivity index (χ2v) is 9.92. The molecule has 1 fully saturated rings. The van der Waals surface area contributed by atoms with E-state index < -0.39 is 0 Å². The summed E-state index contributed by atoms with van der Waals surface area (Å²) in [6.45, 7) is 4.63. The highest BCUT2D eigenvalue weighted by Gasteiger charge is 2.37. The quantitative estimate of drug-likeness (QED) is 0.491. The largest absolute Gasteiger partial charge is 0.493 e. The lowest BCUT2D eigenvalue weighted by Gasteiger charge is -2.45. The number of ether oxygens (including phenoxy) is 1. The van der Waals surface area contributed by atoms with Gasteiger partial charge in [-0.15, -0.1) is 0 Å². The Morgan fingerprint density at radius 2 is 1.81 bits per heavy atom. The van der Waals surface area contributed by atoms with Gasteiger partial charge >= 0.3 is 0 Å². The highest BCUT2D eigenvalue weighted by atomic mass is 35.5. The number of benzene rings is 2. The van der Waals surface area contributed by atoms with E-state index >= 15 is 0 Å². The van der Waals surface area contributed by atoms with E-state index in [1.165, 1.54) is 11.1 Å². The number of carbonyl (C=O) groups is 1. The number of hydrogen-bond donors (Lipinski definition) is 1. The second-order valence-electron chi connectivity index (χ2n) is 9.48. The number of nitrogens with one attached hydrogen (secondary N) is 1. The van der Waals surface area contributed by atoms with Gasteiger partial charge in [0.15, 0.2) is 0 Å². The van der Waals surface area contributed by atoms with Crippen LogP contribution in [0.2, 0.25) is 5.02 Å². The predicted octanol–water partition coefficient (Wildman–Crippen LogP) is 5.72. The summed E-state index contributed by atoms with van der Waals surface area (Å²) in [6, 6.07) is 14.8. The molecular formula is C27H37ClN2O2. The molecule has 0 saturated heterocycles. The molecule has 0 heterocycles. The van der Waals surface area contributed by atoms with Crippen molar-refractivity contribution in [2.75, 3.05) is 20.7 Å². The Morgan fingerprint density at radius 1 is 1.12 bits per heavy atom. The number of nitrogens with zero attached hydrogens (tertiary/aromatic N) is 1. The van der Waals surface area contributed by atoms with Crippen molar-refractivity contribution < 1.29 is 9.53 Å². The van der Waals surface area contributed by atoms with Gasteiger partial charge < -0.3 is 15.0 Å². The van der Waals surface area contributed by atoms with Gasteiger partial charge in [-0.1, -0.05) is 41.4 Å². The molecule has 1 aliphatic carbocycles. The molecule has 0 unspecified atom stereocenters. The van der Waals surface area contributed by atoms with Gasteiger partial charge in [0, 0.05) is 23.0 Å². The molecule has 1 saturated carbocycles. The van der Waals surface area contributed by atoms with Crippen molar-refractivity contribution in [2.24, 2.45) is 0 Å². The molecule has 0 spiro atoms. The normalized spacial score (nSPS) is 20.9. The number of carbonyl (C=O) groups excluding carboxylic acids is 1. The fraction of sp³-hybridized carbons (Fsp3) is 0.519. The van der Waals surface area contributed by atoms with E-state index in [2.05, 4.69) is 55.5 Å². The molecule has 174 valence electrons. The molecule has 3 rings (SSSR count). The molecule has 1 aliphatic rings. The lowest BCUT2D eigenvalue weighted by molar-refractivity contribution is -0.122. The van der Waals surface area contributed by atoms with Gasteiger partial charge in [0.2, 0.25) is 5.91 Å². The maximum atomic E-state index is 12.5. The summed E-state index contributed by atoms with van der Waals surface area (Å²) in [6.07, 6.45) is 6.49. The van der Waals surface area contributed by atoms with E-state index in [1.54, 1.807) is 0 Å². The van der Waals surface area contributed by atoms with Gasteiger partial charge in [0.05, 0.1) is 6.61 Å². The molecule has 0 radical (unpaired) electrons. The highest BCUT2D eigenvalue weighted by molar-refractivity contribution is 6.30. The molecule has 1 N–H and O–H groups in total. The van der Waals surface area contributed by atoms with E-state index in [4.69, 9.17) is 16.3 Å². The zero-order valence-corrected chi connectivity index (χ0v) is 20.7. The van der Waals surface area contributed by atoms with Crippen molar-refractivity contribution in [3.05, 3.63) is 64.2 Å². The minimum absolute atomic E-state index is 0.127. The van der Waals surface area contributed by atoms with Crippen molar-refractivity contribution in [1.82, 2.24) is 10.2 Å². The average Bonchev–Trinajstić information content (AvgIpc) is 2.75. The van der Waals surface area contributed by atoms with Crippen molar-refractivity contribution in [2.45, 2.75) is 70.4 Å². The third kappa shape index (κ3) is 6.73. The van der Waals surface area contributed by atoms with Gasteiger partial charge in [0.25, 0.3) is 0 Å². The third-order valence-corrected chi connectivity index (χ3v) is 7.06. The first kappa shape index (κ1) is 24.6. The van der Waals surface area contributed by atoms with E-state index in [0.717, 1.165) is 43.4 Å². The topological polar surface area (TPSA) is 41.6 Å². The van der Waals surface area contributed by atoms with Crippen LogP contribution in [-0.4, -0.2) is 43.1 Å². The van der Waals surface area contributed by atoms with E-state index in [1.807, 2.05) is 25.1 Å². The fourth-order valence-corrected chi connectivity index (χ4v) is 4.88. The Bertz CT molecular complexity index is 887. The van der Waals surface area contributed by atoms with E-state index in [9.17, 15) is 4.79 Å². The van der Waals surface area contributed by atoms with Crippen LogP contribution in [0.4, 0.5) is 0 Å². The lowest BCUT2D eigenvalue weighted by atomic mass is 9.74. The second kappa shape index (κ2) is 11.2. The number of amides is 1. The average molecular weight is 457 g/mol. The van der Waals surface area contributed by atoms with Crippen LogP contribution >= 0.6 is 11.6 Å². The van der Waals surface area contributed by atoms with Gasteiger partial charge in [-0.2, -0.15) is 0 Å². The predicted molar refractivity (Wildman–Crippen MR) is 133 cm³/mol. The molecule has 1 amide bonds. The van der Waals surface area contributed by atoms with Crippen molar-refractivity contribution >= 4 is 17.5 Å². The Kier molecular flexibility index (Phi) is 8.61. The Balaban J connectivity index is 1.41. The maximum absolute atomic E-state index is 12.5. The summed E-state index contributed by atoms with van der Waals surface area (Å²) < 4.78 is 5.81. The molecule has 0 aliphatic heterocycles. The van der Waals surface area contributed by atoms with Crippen LogP contribution in [0.25, 0.3) is 0 Å². The SMILES string of the molecule is Cc1ccc(CC2(N(C)C)CCC(NC(=O)CCCOc3ccc(Cl)cc3C)CC2)cc1. The van der Waals surface area contributed by atoms with Crippen LogP contribution in [0.1, 0.15) is 55.2 Å². The number of likely N-dealkylation sites (N-methyl/N-ethyl adjacent to an activating group) is 1. The molecule has 5 heteroatoms. The van der Waals surface area contributed by atoms with Crippen LogP contribution in [0.3, 0.4) is 0 Å². The van der Waals surface area contributed by atoms with Crippen LogP contribution in [0.5, 0.6) is 5.75 Å². The Hall–Kier alpha value is -2.04. The van der Waals surface area contributed by atoms with E-state index in [0.29, 0.717) is 24.5 Å². The van der Waals surface area contributed by atoms with Crippen LogP contribution < -0.4 is 10.1 Å². The maximum Gasteiger partial charge on any atom is 0.220 e. The minimum Gasteiger partial charge on any atom is -0.493 e. The Labute approximate surface area is 198 Å². The van der Waals surface area contributed by atoms with Gasteiger partial charge in [-0.3, -0.25) is 4.79 Å². The Morgan fingerprint density at radius 3 is 2.44 bits per heavy atom. The molecular weight excluding hydrogens is 420 g/mol. The highest BCUT2D eigenvalue weighted by Crippen LogP contribution is 2.35. The molecule has 0 aromatic heterocycles. The molecule has 4 nitrogen and oxygen atoms in total. The van der Waals surface area contributed by atoms with Crippen LogP contribution in [0, 0.1) is 13.8 Å². The van der Waals surface area contributed by atoms with Crippen LogP contribution in [-0.2, 0) is 11.2 Å². The smallest absolute Gasteiger partial charge is 0.220 e. The van der Waals surface area contributed by atoms with Gasteiger partial charge in [-0.25, -0.2) is 0 Å². The van der Waals surface area contributed by atoms with E-state index in [-0.39, 0.29) is 17.5 Å². The summed E-state index contributed by atoms with van der Waals surface area (Å²) in [7, 11) is 4.38. The monoisotopic (exact) mass is 456 g/mol. The molecule has 32 heavy (non-hydrogen) atoms. The zero-order valence-electron chi connectivity index (χ0n) is 19.9. The fourth-order valence-electron chi connectivity index (χ4n) is 4.66. The zero-order chi connectivity index (χ0) is 23.1. The molecule has 0 atom stereocenters. The summed E-state index contributed by atoms with van der Waals surface area (Å²) in [5.41, 5.74) is 3.87. The first-order valence-corrected chi connectivity index (χ1v) is 12.1. The summed E-state index contributed by atoms with van der Waals surface area (Å²) in [5, 5.41) is 3.96. The van der Waals surface area contributed by atoms with Crippen molar-refractivity contribution in [3.63, 3.8) is 0 Å². The van der Waals surface area contributed by atoms with Crippen molar-refractivity contribution in [1.29, 1.82) is 0 Å². The summed E-state index contributed by atoms with van der Waals surface area (Å²) in [4.78, 5) is 14.8. The molecule has 0 bridgehead atoms. The molecule has 2 aromatic carbocycles. The third-order valence-electron chi connectivity index (χ3n) is 6.83. The first-order valence-electron chi connectivity index (χ1n) is 11.7. The number of halogens is 1. The number of rotatable bonds is 9. The van der Waals surface area contributed by atoms with Gasteiger partial charge in [0.1, 0.15) is 5.75 Å². The minimum atomic E-state index is 0.127. The molecule has 2 aromatic rings. The van der Waals surface area contributed by atoms with Crippen LogP contribution in [0.15, 0.2) is 42.5 Å².